The van der Waals surface area contributed by atoms with Crippen molar-refractivity contribution in [3.63, 3.8) is 0 Å². The first-order valence-electron chi connectivity index (χ1n) is 6.51. The number of nitrogens with zero attached hydrogens (tertiary/aromatic N) is 3. The third kappa shape index (κ3) is 2.72. The number of rotatable bonds is 6. The zero-order chi connectivity index (χ0) is 13.1. The highest BCUT2D eigenvalue weighted by Gasteiger charge is 2.32. The molecule has 0 atom stereocenters. The molecule has 1 aliphatic carbocycles. The van der Waals surface area contributed by atoms with Crippen LogP contribution in [0.15, 0.2) is 6.33 Å². The maximum atomic E-state index is 6.00. The summed E-state index contributed by atoms with van der Waals surface area (Å²) >= 11 is 0. The number of aromatic nitrogens is 2. The van der Waals surface area contributed by atoms with Gasteiger partial charge in [0.1, 0.15) is 18.0 Å². The van der Waals surface area contributed by atoms with Crippen LogP contribution in [0, 0.1) is 0 Å². The number of ether oxygens (including phenoxy) is 1. The molecule has 1 heterocycles. The van der Waals surface area contributed by atoms with Gasteiger partial charge in [-0.2, -0.15) is 0 Å². The number of nitrogens with two attached hydrogens (primary N) is 1. The fourth-order valence-electron chi connectivity index (χ4n) is 2.22. The molecule has 1 saturated carbocycles. The lowest BCUT2D eigenvalue weighted by atomic mass is 10.0. The Hall–Kier alpha value is -1.36. The number of nitrogen functional groups attached to an aromatic ring is 1. The first kappa shape index (κ1) is 13.1. The molecule has 1 aliphatic rings. The van der Waals surface area contributed by atoms with Crippen LogP contribution in [0.1, 0.15) is 38.2 Å². The van der Waals surface area contributed by atoms with Crippen LogP contribution in [0.2, 0.25) is 0 Å². The molecule has 2 rings (SSSR count). The van der Waals surface area contributed by atoms with Crippen LogP contribution < -0.4 is 10.6 Å². The molecule has 0 unspecified atom stereocenters. The summed E-state index contributed by atoms with van der Waals surface area (Å²) in [6, 6.07) is 0.590. The number of anilines is 2. The highest BCUT2D eigenvalue weighted by Crippen LogP contribution is 2.36. The van der Waals surface area contributed by atoms with E-state index in [1.807, 2.05) is 0 Å². The highest BCUT2D eigenvalue weighted by atomic mass is 16.5. The average molecular weight is 250 g/mol. The van der Waals surface area contributed by atoms with Crippen LogP contribution in [0.5, 0.6) is 0 Å². The molecule has 0 aliphatic heterocycles. The minimum atomic E-state index is 0.324. The van der Waals surface area contributed by atoms with Gasteiger partial charge < -0.3 is 15.4 Å². The van der Waals surface area contributed by atoms with E-state index in [1.54, 1.807) is 13.4 Å². The maximum Gasteiger partial charge on any atom is 0.137 e. The molecular formula is C13H22N4O. The zero-order valence-electron chi connectivity index (χ0n) is 11.4. The predicted molar refractivity (Wildman–Crippen MR) is 72.8 cm³/mol. The molecule has 0 saturated heterocycles. The molecule has 0 amide bonds. The fourth-order valence-corrected chi connectivity index (χ4v) is 2.22. The quantitative estimate of drug-likeness (QED) is 0.834. The molecule has 1 aromatic heterocycles. The van der Waals surface area contributed by atoms with Gasteiger partial charge in [0.05, 0.1) is 6.61 Å². The van der Waals surface area contributed by atoms with Crippen molar-refractivity contribution in [2.45, 2.75) is 38.6 Å². The van der Waals surface area contributed by atoms with E-state index in [2.05, 4.69) is 28.7 Å². The van der Waals surface area contributed by atoms with Gasteiger partial charge in [0, 0.05) is 25.3 Å². The Labute approximate surface area is 108 Å². The largest absolute Gasteiger partial charge is 0.383 e. The third-order valence-electron chi connectivity index (χ3n) is 3.27. The maximum absolute atomic E-state index is 6.00. The van der Waals surface area contributed by atoms with E-state index in [0.717, 1.165) is 17.9 Å². The first-order valence-corrected chi connectivity index (χ1v) is 6.51. The monoisotopic (exact) mass is 250 g/mol. The molecule has 18 heavy (non-hydrogen) atoms. The first-order chi connectivity index (χ1) is 8.65. The van der Waals surface area contributed by atoms with Crippen molar-refractivity contribution in [2.24, 2.45) is 0 Å². The topological polar surface area (TPSA) is 64.3 Å². The van der Waals surface area contributed by atoms with Gasteiger partial charge in [0.2, 0.25) is 0 Å². The molecule has 0 spiro atoms. The van der Waals surface area contributed by atoms with E-state index < -0.39 is 0 Å². The molecule has 1 fully saturated rings. The second-order valence-electron chi connectivity index (χ2n) is 5.07. The Morgan fingerprint density at radius 1 is 1.44 bits per heavy atom. The van der Waals surface area contributed by atoms with E-state index in [-0.39, 0.29) is 0 Å². The smallest absolute Gasteiger partial charge is 0.137 e. The predicted octanol–water partition coefficient (Wildman–Crippen LogP) is 1.80. The van der Waals surface area contributed by atoms with Crippen molar-refractivity contribution in [3.05, 3.63) is 11.9 Å². The normalized spacial score (nSPS) is 15.1. The van der Waals surface area contributed by atoms with Crippen LogP contribution in [0.4, 0.5) is 11.6 Å². The van der Waals surface area contributed by atoms with Crippen molar-refractivity contribution in [2.75, 3.05) is 30.9 Å². The Morgan fingerprint density at radius 2 is 2.17 bits per heavy atom. The van der Waals surface area contributed by atoms with Crippen molar-refractivity contribution in [3.8, 4) is 0 Å². The Balaban J connectivity index is 2.31. The molecule has 0 bridgehead atoms. The van der Waals surface area contributed by atoms with E-state index in [0.29, 0.717) is 24.4 Å². The van der Waals surface area contributed by atoms with Gasteiger partial charge in [0.15, 0.2) is 0 Å². The van der Waals surface area contributed by atoms with Crippen LogP contribution >= 0.6 is 0 Å². The molecule has 100 valence electrons. The van der Waals surface area contributed by atoms with E-state index in [4.69, 9.17) is 10.5 Å². The van der Waals surface area contributed by atoms with E-state index in [1.165, 1.54) is 12.8 Å². The minimum Gasteiger partial charge on any atom is -0.383 e. The van der Waals surface area contributed by atoms with E-state index in [9.17, 15) is 0 Å². The van der Waals surface area contributed by atoms with Crippen molar-refractivity contribution in [1.82, 2.24) is 9.97 Å². The minimum absolute atomic E-state index is 0.324. The van der Waals surface area contributed by atoms with Crippen molar-refractivity contribution in [1.29, 1.82) is 0 Å². The Bertz CT molecular complexity index is 404. The van der Waals surface area contributed by atoms with Crippen LogP contribution in [-0.2, 0) is 4.74 Å². The fraction of sp³-hybridized carbons (Fsp3) is 0.692. The van der Waals surface area contributed by atoms with Gasteiger partial charge in [-0.1, -0.05) is 13.8 Å². The molecule has 5 heteroatoms. The molecule has 0 aromatic carbocycles. The number of hydrogen-bond acceptors (Lipinski definition) is 5. The summed E-state index contributed by atoms with van der Waals surface area (Å²) in [5.74, 6) is 1.90. The lowest BCUT2D eigenvalue weighted by Gasteiger charge is -2.27. The van der Waals surface area contributed by atoms with Gasteiger partial charge in [-0.05, 0) is 18.8 Å². The highest BCUT2D eigenvalue weighted by molar-refractivity contribution is 5.59. The van der Waals surface area contributed by atoms with Crippen LogP contribution in [-0.4, -0.2) is 36.3 Å². The van der Waals surface area contributed by atoms with Crippen molar-refractivity contribution < 1.29 is 4.74 Å². The molecule has 2 N–H and O–H groups in total. The summed E-state index contributed by atoms with van der Waals surface area (Å²) in [6.45, 7) is 5.81. The Kier molecular flexibility index (Phi) is 4.01. The van der Waals surface area contributed by atoms with E-state index >= 15 is 0 Å². The molecule has 5 nitrogen and oxygen atoms in total. The van der Waals surface area contributed by atoms with Crippen LogP contribution in [0.3, 0.4) is 0 Å². The summed E-state index contributed by atoms with van der Waals surface area (Å²) in [5, 5.41) is 0. The Morgan fingerprint density at radius 3 is 2.72 bits per heavy atom. The SMILES string of the molecule is COCCN(c1ncnc(N)c1C(C)C)C1CC1. The van der Waals surface area contributed by atoms with Gasteiger partial charge in [0.25, 0.3) is 0 Å². The summed E-state index contributed by atoms with van der Waals surface area (Å²) in [7, 11) is 1.72. The number of hydrogen-bond donors (Lipinski definition) is 1. The number of methoxy groups -OCH3 is 1. The lowest BCUT2D eigenvalue weighted by molar-refractivity contribution is 0.204. The zero-order valence-corrected chi connectivity index (χ0v) is 11.4. The summed E-state index contributed by atoms with van der Waals surface area (Å²) < 4.78 is 5.19. The van der Waals surface area contributed by atoms with Gasteiger partial charge >= 0.3 is 0 Å². The van der Waals surface area contributed by atoms with Gasteiger partial charge in [-0.15, -0.1) is 0 Å². The lowest BCUT2D eigenvalue weighted by Crippen LogP contribution is -2.31. The average Bonchev–Trinajstić information content (AvgIpc) is 3.13. The molecule has 1 aromatic rings. The molecule has 0 radical (unpaired) electrons. The van der Waals surface area contributed by atoms with Gasteiger partial charge in [-0.3, -0.25) is 0 Å². The van der Waals surface area contributed by atoms with Gasteiger partial charge in [-0.25, -0.2) is 9.97 Å². The standard InChI is InChI=1S/C13H22N4O/c1-9(2)11-12(14)15-8-16-13(11)17(6-7-18-3)10-4-5-10/h8-10H,4-7H2,1-3H3,(H2,14,15,16). The summed E-state index contributed by atoms with van der Waals surface area (Å²) in [4.78, 5) is 10.9. The second kappa shape index (κ2) is 5.52. The summed E-state index contributed by atoms with van der Waals surface area (Å²) in [5.41, 5.74) is 7.06. The van der Waals surface area contributed by atoms with Crippen LogP contribution in [0.25, 0.3) is 0 Å². The third-order valence-corrected chi connectivity index (χ3v) is 3.27. The van der Waals surface area contributed by atoms with Crippen molar-refractivity contribution >= 4 is 11.6 Å². The summed E-state index contributed by atoms with van der Waals surface area (Å²) in [6.07, 6.45) is 4.01. The second-order valence-corrected chi connectivity index (χ2v) is 5.07. The molecular weight excluding hydrogens is 228 g/mol.